The number of benzene rings is 1. The molecule has 1 unspecified atom stereocenters. The molecule has 174 valence electrons. The van der Waals surface area contributed by atoms with Gasteiger partial charge in [-0.15, -0.1) is 11.3 Å². The highest BCUT2D eigenvalue weighted by Gasteiger charge is 2.23. The van der Waals surface area contributed by atoms with Crippen LogP contribution in [-0.2, 0) is 14.3 Å². The lowest BCUT2D eigenvalue weighted by molar-refractivity contribution is -0.137. The molecule has 2 heterocycles. The van der Waals surface area contributed by atoms with Crippen LogP contribution in [0, 0.1) is 0 Å². The summed E-state index contributed by atoms with van der Waals surface area (Å²) in [5.41, 5.74) is 2.08. The first-order valence-corrected chi connectivity index (χ1v) is 12.2. The third-order valence-corrected chi connectivity index (χ3v) is 5.94. The number of carboxylic acid groups (broad SMARTS) is 1. The van der Waals surface area contributed by atoms with Gasteiger partial charge in [-0.3, -0.25) is 18.4 Å². The zero-order valence-corrected chi connectivity index (χ0v) is 19.5. The molecule has 2 amide bonds. The van der Waals surface area contributed by atoms with Crippen molar-refractivity contribution in [3.8, 4) is 11.3 Å². The van der Waals surface area contributed by atoms with Gasteiger partial charge in [0.25, 0.3) is 11.8 Å². The fraction of sp³-hybridized carbons (Fsp3) is 0.273. The summed E-state index contributed by atoms with van der Waals surface area (Å²) in [4.78, 5) is 40.7. The monoisotopic (exact) mass is 488 g/mol. The minimum atomic E-state index is -0.982. The SMILES string of the molecule is CSn1ccc(C(=O)NC(COCCCC(=O)O)C(=O)Nc2nc(-c3ccccc3)cs2)c1. The van der Waals surface area contributed by atoms with Crippen LogP contribution in [0.2, 0.25) is 0 Å². The van der Waals surface area contributed by atoms with Crippen molar-refractivity contribution < 1.29 is 24.2 Å². The van der Waals surface area contributed by atoms with Gasteiger partial charge in [0, 0.05) is 42.6 Å². The molecule has 0 aliphatic heterocycles. The second-order valence-corrected chi connectivity index (χ2v) is 8.58. The van der Waals surface area contributed by atoms with Gasteiger partial charge >= 0.3 is 5.97 Å². The lowest BCUT2D eigenvalue weighted by Gasteiger charge is -2.17. The molecular formula is C22H24N4O5S2. The molecule has 3 N–H and O–H groups in total. The Balaban J connectivity index is 1.65. The highest BCUT2D eigenvalue weighted by atomic mass is 32.2. The lowest BCUT2D eigenvalue weighted by atomic mass is 10.2. The van der Waals surface area contributed by atoms with Crippen molar-refractivity contribution in [2.24, 2.45) is 0 Å². The number of thiazole rings is 1. The van der Waals surface area contributed by atoms with Crippen molar-refractivity contribution >= 4 is 46.2 Å². The standard InChI is InChI=1S/C22H24N4O5S2/c1-32-26-10-9-16(12-26)20(29)23-17(13-31-11-5-8-19(27)28)21(30)25-22-24-18(14-33-22)15-6-3-2-4-7-15/h2-4,6-7,9-10,12,14,17H,5,8,11,13H2,1H3,(H,23,29)(H,27,28)(H,24,25,30). The number of anilines is 1. The van der Waals surface area contributed by atoms with E-state index in [1.807, 2.05) is 42.0 Å². The van der Waals surface area contributed by atoms with Crippen LogP contribution in [0.1, 0.15) is 23.2 Å². The summed E-state index contributed by atoms with van der Waals surface area (Å²) in [6.45, 7) is 0.0571. The van der Waals surface area contributed by atoms with Gasteiger partial charge in [-0.1, -0.05) is 30.3 Å². The minimum absolute atomic E-state index is 0.0349. The molecule has 1 aromatic carbocycles. The second kappa shape index (κ2) is 12.2. The fourth-order valence-electron chi connectivity index (χ4n) is 2.84. The van der Waals surface area contributed by atoms with Gasteiger partial charge in [0.05, 0.1) is 17.9 Å². The molecule has 0 radical (unpaired) electrons. The molecular weight excluding hydrogens is 464 g/mol. The quantitative estimate of drug-likeness (QED) is 0.334. The zero-order valence-electron chi connectivity index (χ0n) is 17.9. The van der Waals surface area contributed by atoms with Crippen LogP contribution >= 0.6 is 23.3 Å². The summed E-state index contributed by atoms with van der Waals surface area (Å²) in [5.74, 6) is -1.81. The van der Waals surface area contributed by atoms with Crippen molar-refractivity contribution in [2.75, 3.05) is 24.8 Å². The zero-order chi connectivity index (χ0) is 23.6. The molecule has 0 fully saturated rings. The molecule has 33 heavy (non-hydrogen) atoms. The number of amides is 2. The average molecular weight is 489 g/mol. The molecule has 9 nitrogen and oxygen atoms in total. The van der Waals surface area contributed by atoms with Crippen molar-refractivity contribution in [1.29, 1.82) is 0 Å². The normalized spacial score (nSPS) is 11.7. The van der Waals surface area contributed by atoms with E-state index in [-0.39, 0.29) is 19.6 Å². The first-order valence-electron chi connectivity index (χ1n) is 10.1. The van der Waals surface area contributed by atoms with E-state index in [9.17, 15) is 14.4 Å². The summed E-state index contributed by atoms with van der Waals surface area (Å²) < 4.78 is 7.25. The number of aromatic nitrogens is 2. The maximum Gasteiger partial charge on any atom is 0.303 e. The Hall–Kier alpha value is -3.15. The van der Waals surface area contributed by atoms with Crippen LogP contribution in [0.25, 0.3) is 11.3 Å². The Bertz CT molecular complexity index is 1080. The van der Waals surface area contributed by atoms with Gasteiger partial charge in [0.15, 0.2) is 5.13 Å². The number of carboxylic acids is 1. The summed E-state index contributed by atoms with van der Waals surface area (Å²) in [6.07, 6.45) is 5.56. The maximum absolute atomic E-state index is 12.9. The van der Waals surface area contributed by atoms with Gasteiger partial charge in [0.1, 0.15) is 6.04 Å². The van der Waals surface area contributed by atoms with E-state index in [1.54, 1.807) is 22.4 Å². The highest BCUT2D eigenvalue weighted by Crippen LogP contribution is 2.24. The van der Waals surface area contributed by atoms with E-state index in [1.165, 1.54) is 23.3 Å². The predicted octanol–water partition coefficient (Wildman–Crippen LogP) is 3.36. The van der Waals surface area contributed by atoms with Gasteiger partial charge in [0.2, 0.25) is 0 Å². The Morgan fingerprint density at radius 1 is 1.24 bits per heavy atom. The highest BCUT2D eigenvalue weighted by molar-refractivity contribution is 7.97. The first kappa shape index (κ1) is 24.5. The third-order valence-electron chi connectivity index (χ3n) is 4.53. The number of carbonyl (C=O) groups excluding carboxylic acids is 2. The number of nitrogens with one attached hydrogen (secondary N) is 2. The molecule has 0 saturated carbocycles. The maximum atomic E-state index is 12.9. The topological polar surface area (TPSA) is 123 Å². The van der Waals surface area contributed by atoms with Crippen LogP contribution < -0.4 is 10.6 Å². The van der Waals surface area contributed by atoms with E-state index >= 15 is 0 Å². The predicted molar refractivity (Wildman–Crippen MR) is 128 cm³/mol. The van der Waals surface area contributed by atoms with Crippen LogP contribution in [0.5, 0.6) is 0 Å². The minimum Gasteiger partial charge on any atom is -0.481 e. The van der Waals surface area contributed by atoms with Crippen LogP contribution in [0.15, 0.2) is 54.2 Å². The van der Waals surface area contributed by atoms with Crippen LogP contribution in [0.4, 0.5) is 5.13 Å². The third kappa shape index (κ3) is 7.45. The van der Waals surface area contributed by atoms with Gasteiger partial charge < -0.3 is 20.5 Å². The van der Waals surface area contributed by atoms with Crippen molar-refractivity contribution in [3.63, 3.8) is 0 Å². The molecule has 1 atom stereocenters. The molecule has 3 rings (SSSR count). The number of hydrogen-bond acceptors (Lipinski definition) is 7. The summed E-state index contributed by atoms with van der Waals surface area (Å²) >= 11 is 2.71. The number of aliphatic carboxylic acids is 1. The number of rotatable bonds is 12. The molecule has 0 aliphatic rings. The Morgan fingerprint density at radius 3 is 2.73 bits per heavy atom. The Morgan fingerprint density at radius 2 is 2.03 bits per heavy atom. The van der Waals surface area contributed by atoms with Crippen LogP contribution in [-0.4, -0.2) is 57.4 Å². The molecule has 0 bridgehead atoms. The number of ether oxygens (including phenoxy) is 1. The average Bonchev–Trinajstić information content (AvgIpc) is 3.48. The van der Waals surface area contributed by atoms with Gasteiger partial charge in [-0.2, -0.15) is 0 Å². The summed E-state index contributed by atoms with van der Waals surface area (Å²) in [6, 6.07) is 10.3. The lowest BCUT2D eigenvalue weighted by Crippen LogP contribution is -2.46. The number of hydrogen-bond donors (Lipinski definition) is 3. The first-order chi connectivity index (χ1) is 16.0. The Labute approximate surface area is 199 Å². The van der Waals surface area contributed by atoms with E-state index in [0.717, 1.165) is 11.3 Å². The smallest absolute Gasteiger partial charge is 0.303 e. The second-order valence-electron chi connectivity index (χ2n) is 6.93. The van der Waals surface area contributed by atoms with E-state index < -0.39 is 23.8 Å². The summed E-state index contributed by atoms with van der Waals surface area (Å²) in [5, 5.41) is 16.4. The van der Waals surface area contributed by atoms with E-state index in [2.05, 4.69) is 15.6 Å². The Kier molecular flexibility index (Phi) is 9.04. The van der Waals surface area contributed by atoms with E-state index in [4.69, 9.17) is 9.84 Å². The van der Waals surface area contributed by atoms with Crippen LogP contribution in [0.3, 0.4) is 0 Å². The molecule has 11 heteroatoms. The summed E-state index contributed by atoms with van der Waals surface area (Å²) in [7, 11) is 0. The molecule has 0 saturated heterocycles. The van der Waals surface area contributed by atoms with Crippen molar-refractivity contribution in [1.82, 2.24) is 14.3 Å². The van der Waals surface area contributed by atoms with Gasteiger partial charge in [-0.25, -0.2) is 4.98 Å². The van der Waals surface area contributed by atoms with E-state index in [0.29, 0.717) is 17.1 Å². The van der Waals surface area contributed by atoms with Gasteiger partial charge in [-0.05, 0) is 24.4 Å². The number of carbonyl (C=O) groups is 3. The molecule has 3 aromatic rings. The molecule has 0 spiro atoms. The van der Waals surface area contributed by atoms with Crippen molar-refractivity contribution in [3.05, 3.63) is 59.7 Å². The molecule has 0 aliphatic carbocycles. The molecule has 2 aromatic heterocycles. The number of nitrogens with zero attached hydrogens (tertiary/aromatic N) is 2. The largest absolute Gasteiger partial charge is 0.481 e. The van der Waals surface area contributed by atoms with Crippen molar-refractivity contribution in [2.45, 2.75) is 18.9 Å². The fourth-order valence-corrected chi connectivity index (χ4v) is 3.97.